The maximum Gasteiger partial charge on any atom is 0.506 e. The number of ether oxygens (including phenoxy) is 1. The van der Waals surface area contributed by atoms with Crippen LogP contribution in [0.5, 0.6) is 0 Å². The minimum atomic E-state index is -1.83. The van der Waals surface area contributed by atoms with E-state index in [2.05, 4.69) is 11.2 Å². The molecule has 0 unspecified atom stereocenters. The minimum Gasteiger partial charge on any atom is -0.450 e. The summed E-state index contributed by atoms with van der Waals surface area (Å²) in [5.41, 5.74) is 0. The molecule has 3 N–H and O–H groups in total. The molecule has 0 fully saturated rings. The van der Waals surface area contributed by atoms with Gasteiger partial charge in [0.1, 0.15) is 0 Å². The molecule has 0 aliphatic heterocycles. The molecule has 6 nitrogen and oxygen atoms in total. The van der Waals surface area contributed by atoms with E-state index in [0.717, 1.165) is 0 Å². The molecule has 0 aromatic heterocycles. The normalized spacial score (nSPS) is 6.45. The van der Waals surface area contributed by atoms with Gasteiger partial charge in [0.05, 0.1) is 0 Å². The largest absolute Gasteiger partial charge is 0.506 e. The van der Waals surface area contributed by atoms with Crippen LogP contribution in [0.2, 0.25) is 0 Å². The first-order valence-corrected chi connectivity index (χ1v) is 2.21. The van der Waals surface area contributed by atoms with E-state index in [9.17, 15) is 4.79 Å². The Hall–Kier alpha value is -1.90. The van der Waals surface area contributed by atoms with E-state index in [1.807, 2.05) is 5.92 Å². The van der Waals surface area contributed by atoms with Crippen molar-refractivity contribution in [1.82, 2.24) is 0 Å². The van der Waals surface area contributed by atoms with Crippen LogP contribution in [0.3, 0.4) is 0 Å². The number of hydrogen-bond acceptors (Lipinski definition) is 3. The Morgan fingerprint density at radius 1 is 1.36 bits per heavy atom. The average Bonchev–Trinajstić information content (AvgIpc) is 1.82. The number of rotatable bonds is 1. The van der Waals surface area contributed by atoms with Gasteiger partial charge < -0.3 is 20.1 Å². The predicted octanol–water partition coefficient (Wildman–Crippen LogP) is 0.537. The molecule has 0 aliphatic rings. The first-order chi connectivity index (χ1) is 5.00. The van der Waals surface area contributed by atoms with Gasteiger partial charge in [-0.15, -0.1) is 6.42 Å². The van der Waals surface area contributed by atoms with Crippen LogP contribution in [0.1, 0.15) is 0 Å². The van der Waals surface area contributed by atoms with Crippen LogP contribution in [0.25, 0.3) is 0 Å². The first-order valence-electron chi connectivity index (χ1n) is 2.21. The molecule has 0 aromatic carbocycles. The fourth-order valence-corrected chi connectivity index (χ4v) is 0.103. The molecule has 0 bridgehead atoms. The molecule has 0 aromatic rings. The summed E-state index contributed by atoms with van der Waals surface area (Å²) in [4.78, 5) is 18.0. The van der Waals surface area contributed by atoms with Crippen molar-refractivity contribution >= 4 is 12.3 Å². The molecular weight excluding hydrogens is 156 g/mol. The third-order valence-electron chi connectivity index (χ3n) is 0.279. The smallest absolute Gasteiger partial charge is 0.450 e. The lowest BCUT2D eigenvalue weighted by atomic mass is 10.8. The molecule has 0 atom stereocenters. The van der Waals surface area contributed by atoms with Crippen LogP contribution >= 0.6 is 0 Å². The fraction of sp³-hybridized carbons (Fsp3) is 0.200. The SMILES string of the molecule is C#CCOC(=O)O.O=C(O)O. The van der Waals surface area contributed by atoms with Gasteiger partial charge in [-0.3, -0.25) is 0 Å². The van der Waals surface area contributed by atoms with Crippen molar-refractivity contribution in [3.8, 4) is 12.3 Å². The van der Waals surface area contributed by atoms with Gasteiger partial charge in [-0.2, -0.15) is 0 Å². The molecule has 11 heavy (non-hydrogen) atoms. The van der Waals surface area contributed by atoms with Gasteiger partial charge in [-0.1, -0.05) is 5.92 Å². The Bertz CT molecular complexity index is 162. The molecule has 0 aliphatic carbocycles. The second-order valence-electron chi connectivity index (χ2n) is 1.04. The summed E-state index contributed by atoms with van der Waals surface area (Å²) in [6.45, 7) is -0.171. The van der Waals surface area contributed by atoms with Gasteiger partial charge in [0, 0.05) is 0 Å². The standard InChI is InChI=1S/C4H4O3.CH2O3/c1-2-3-7-4(5)6;2-1(3)4/h1H,3H2,(H,5,6);(H2,2,3,4). The highest BCUT2D eigenvalue weighted by atomic mass is 16.7. The fourth-order valence-electron chi connectivity index (χ4n) is 0.103. The average molecular weight is 162 g/mol. The summed E-state index contributed by atoms with van der Waals surface area (Å²) in [5.74, 6) is 2.00. The van der Waals surface area contributed by atoms with Crippen molar-refractivity contribution in [2.45, 2.75) is 0 Å². The van der Waals surface area contributed by atoms with Gasteiger partial charge in [0.25, 0.3) is 0 Å². The van der Waals surface area contributed by atoms with Crippen LogP contribution in [-0.4, -0.2) is 34.2 Å². The van der Waals surface area contributed by atoms with Crippen molar-refractivity contribution in [3.05, 3.63) is 0 Å². The van der Waals surface area contributed by atoms with Crippen molar-refractivity contribution in [2.24, 2.45) is 0 Å². The second kappa shape index (κ2) is 8.10. The quantitative estimate of drug-likeness (QED) is 0.384. The Morgan fingerprint density at radius 2 is 1.73 bits per heavy atom. The lowest BCUT2D eigenvalue weighted by Crippen LogP contribution is -1.98. The second-order valence-corrected chi connectivity index (χ2v) is 1.04. The van der Waals surface area contributed by atoms with E-state index >= 15 is 0 Å². The van der Waals surface area contributed by atoms with Gasteiger partial charge in [-0.25, -0.2) is 9.59 Å². The number of carbonyl (C=O) groups is 2. The van der Waals surface area contributed by atoms with Crippen LogP contribution in [0.4, 0.5) is 9.59 Å². The molecule has 62 valence electrons. The molecular formula is C5H6O6. The van der Waals surface area contributed by atoms with Crippen LogP contribution in [-0.2, 0) is 4.74 Å². The molecule has 0 heterocycles. The molecule has 0 amide bonds. The van der Waals surface area contributed by atoms with Crippen LogP contribution < -0.4 is 0 Å². The van der Waals surface area contributed by atoms with Crippen molar-refractivity contribution in [1.29, 1.82) is 0 Å². The molecule has 0 radical (unpaired) electrons. The van der Waals surface area contributed by atoms with Crippen LogP contribution in [0.15, 0.2) is 0 Å². The first kappa shape index (κ1) is 11.8. The van der Waals surface area contributed by atoms with Crippen molar-refractivity contribution in [3.63, 3.8) is 0 Å². The molecule has 0 saturated heterocycles. The highest BCUT2D eigenvalue weighted by Gasteiger charge is 1.88. The Kier molecular flexibility index (Phi) is 8.72. The van der Waals surface area contributed by atoms with Gasteiger partial charge in [0.2, 0.25) is 0 Å². The van der Waals surface area contributed by atoms with Gasteiger partial charge >= 0.3 is 12.3 Å². The Balaban J connectivity index is 0. The topological polar surface area (TPSA) is 104 Å². The number of hydrogen-bond donors (Lipinski definition) is 3. The predicted molar refractivity (Wildman–Crippen MR) is 33.5 cm³/mol. The third-order valence-corrected chi connectivity index (χ3v) is 0.279. The zero-order valence-corrected chi connectivity index (χ0v) is 5.35. The van der Waals surface area contributed by atoms with Crippen molar-refractivity contribution in [2.75, 3.05) is 6.61 Å². The third kappa shape index (κ3) is 68.3. The van der Waals surface area contributed by atoms with Gasteiger partial charge in [0.15, 0.2) is 6.61 Å². The summed E-state index contributed by atoms with van der Waals surface area (Å²) in [5, 5.41) is 21.7. The molecule has 0 rings (SSSR count). The summed E-state index contributed by atoms with van der Waals surface area (Å²) >= 11 is 0. The molecule has 6 heteroatoms. The highest BCUT2D eigenvalue weighted by Crippen LogP contribution is 1.70. The van der Waals surface area contributed by atoms with Crippen molar-refractivity contribution < 1.29 is 29.6 Å². The van der Waals surface area contributed by atoms with Gasteiger partial charge in [-0.05, 0) is 0 Å². The van der Waals surface area contributed by atoms with E-state index < -0.39 is 12.3 Å². The van der Waals surface area contributed by atoms with E-state index in [4.69, 9.17) is 20.1 Å². The molecule has 0 saturated carbocycles. The van der Waals surface area contributed by atoms with E-state index in [0.29, 0.717) is 0 Å². The van der Waals surface area contributed by atoms with E-state index in [1.54, 1.807) is 0 Å². The zero-order chi connectivity index (χ0) is 9.28. The maximum absolute atomic E-state index is 9.44. The summed E-state index contributed by atoms with van der Waals surface area (Å²) in [7, 11) is 0. The summed E-state index contributed by atoms with van der Waals surface area (Å²) < 4.78 is 3.87. The maximum atomic E-state index is 9.44. The Morgan fingerprint density at radius 3 is 1.82 bits per heavy atom. The van der Waals surface area contributed by atoms with E-state index in [1.165, 1.54) is 0 Å². The highest BCUT2D eigenvalue weighted by molar-refractivity contribution is 5.56. The lowest BCUT2D eigenvalue weighted by Gasteiger charge is -1.87. The Labute approximate surface area is 62.0 Å². The summed E-state index contributed by atoms with van der Waals surface area (Å²) in [6.07, 6.45) is 1.47. The minimum absolute atomic E-state index is 0.171. The van der Waals surface area contributed by atoms with Crippen LogP contribution in [0, 0.1) is 12.3 Å². The monoisotopic (exact) mass is 162 g/mol. The van der Waals surface area contributed by atoms with E-state index in [-0.39, 0.29) is 6.61 Å². The molecule has 0 spiro atoms. The number of carboxylic acid groups (broad SMARTS) is 3. The lowest BCUT2D eigenvalue weighted by molar-refractivity contribution is 0.103. The zero-order valence-electron chi connectivity index (χ0n) is 5.35. The summed E-state index contributed by atoms with van der Waals surface area (Å²) in [6, 6.07) is 0. The number of terminal acetylenes is 1.